The monoisotopic (exact) mass is 355 g/mol. The van der Waals surface area contributed by atoms with Gasteiger partial charge in [-0.05, 0) is 33.1 Å². The number of hydrogen-bond acceptors (Lipinski definition) is 6. The second-order valence-electron chi connectivity index (χ2n) is 7.21. The fraction of sp³-hybridized carbons (Fsp3) is 0.688. The minimum Gasteiger partial charge on any atom is -0.444 e. The van der Waals surface area contributed by atoms with E-state index in [2.05, 4.69) is 32.4 Å². The molecule has 1 aliphatic rings. The first-order valence-electron chi connectivity index (χ1n) is 8.13. The lowest BCUT2D eigenvalue weighted by Crippen LogP contribution is -2.51. The van der Waals surface area contributed by atoms with Crippen LogP contribution in [0.2, 0.25) is 5.15 Å². The Bertz CT molecular complexity index is 590. The van der Waals surface area contributed by atoms with Gasteiger partial charge in [0.05, 0.1) is 6.04 Å². The lowest BCUT2D eigenvalue weighted by atomic mass is 9.96. The first-order valence-corrected chi connectivity index (χ1v) is 8.51. The predicted molar refractivity (Wildman–Crippen MR) is 95.7 cm³/mol. The molecule has 1 fully saturated rings. The van der Waals surface area contributed by atoms with Crippen molar-refractivity contribution in [3.8, 4) is 0 Å². The minimum absolute atomic E-state index is 0.00428. The van der Waals surface area contributed by atoms with E-state index in [0.29, 0.717) is 23.6 Å². The van der Waals surface area contributed by atoms with E-state index in [-0.39, 0.29) is 6.04 Å². The number of rotatable bonds is 3. The number of piperidine rings is 1. The molecule has 2 rings (SSSR count). The van der Waals surface area contributed by atoms with Crippen LogP contribution in [0.1, 0.15) is 34.1 Å². The van der Waals surface area contributed by atoms with Gasteiger partial charge in [-0.25, -0.2) is 9.78 Å². The van der Waals surface area contributed by atoms with Crippen LogP contribution in [0.25, 0.3) is 0 Å². The van der Waals surface area contributed by atoms with E-state index in [1.54, 1.807) is 13.1 Å². The average Bonchev–Trinajstić information content (AvgIpc) is 2.43. The van der Waals surface area contributed by atoms with E-state index >= 15 is 0 Å². The number of carbonyl (C=O) groups excluding carboxylic acids is 1. The van der Waals surface area contributed by atoms with Gasteiger partial charge in [-0.2, -0.15) is 4.98 Å². The summed E-state index contributed by atoms with van der Waals surface area (Å²) in [5.74, 6) is 1.64. The fourth-order valence-corrected chi connectivity index (χ4v) is 2.97. The molecule has 0 aromatic carbocycles. The van der Waals surface area contributed by atoms with Gasteiger partial charge in [0.15, 0.2) is 0 Å². The van der Waals surface area contributed by atoms with E-state index in [9.17, 15) is 4.79 Å². The van der Waals surface area contributed by atoms with Crippen molar-refractivity contribution in [1.29, 1.82) is 0 Å². The Morgan fingerprint density at radius 3 is 2.71 bits per heavy atom. The molecule has 0 radical (unpaired) electrons. The van der Waals surface area contributed by atoms with Gasteiger partial charge in [0.1, 0.15) is 16.6 Å². The van der Waals surface area contributed by atoms with Gasteiger partial charge in [0.25, 0.3) is 0 Å². The number of nitrogens with zero attached hydrogens (tertiary/aromatic N) is 3. The van der Waals surface area contributed by atoms with Crippen LogP contribution in [0.5, 0.6) is 0 Å². The quantitative estimate of drug-likeness (QED) is 0.811. The molecule has 1 aromatic heterocycles. The molecule has 134 valence electrons. The summed E-state index contributed by atoms with van der Waals surface area (Å²) in [4.78, 5) is 22.7. The maximum Gasteiger partial charge on any atom is 0.407 e. The molecule has 2 N–H and O–H groups in total. The van der Waals surface area contributed by atoms with Crippen molar-refractivity contribution in [2.45, 2.75) is 45.8 Å². The van der Waals surface area contributed by atoms with E-state index in [1.165, 1.54) is 0 Å². The third kappa shape index (κ3) is 5.40. The standard InChI is InChI=1S/C16H26ClN5O2/c1-10-6-11(19-15(23)24-16(2,3)4)9-22(8-10)13-7-12(17)20-14(18-5)21-13/h7,10-11H,6,8-9H2,1-5H3,(H,19,23)(H,18,20,21)/t10-,11-/m1/s1. The van der Waals surface area contributed by atoms with E-state index in [4.69, 9.17) is 16.3 Å². The number of alkyl carbamates (subject to hydrolysis) is 1. The summed E-state index contributed by atoms with van der Waals surface area (Å²) in [6, 6.07) is 1.74. The Balaban J connectivity index is 2.08. The zero-order valence-corrected chi connectivity index (χ0v) is 15.6. The van der Waals surface area contributed by atoms with Crippen LogP contribution in [-0.2, 0) is 4.74 Å². The maximum atomic E-state index is 12.0. The van der Waals surface area contributed by atoms with Gasteiger partial charge in [0.2, 0.25) is 5.95 Å². The highest BCUT2D eigenvalue weighted by Crippen LogP contribution is 2.24. The molecular weight excluding hydrogens is 330 g/mol. The van der Waals surface area contributed by atoms with Crippen LogP contribution < -0.4 is 15.5 Å². The molecule has 1 amide bonds. The van der Waals surface area contributed by atoms with Crippen LogP contribution >= 0.6 is 11.6 Å². The molecule has 0 bridgehead atoms. The van der Waals surface area contributed by atoms with Crippen LogP contribution in [0, 0.1) is 5.92 Å². The smallest absolute Gasteiger partial charge is 0.407 e. The Labute approximate surface area is 148 Å². The first-order chi connectivity index (χ1) is 11.2. The maximum absolute atomic E-state index is 12.0. The van der Waals surface area contributed by atoms with Gasteiger partial charge < -0.3 is 20.3 Å². The Morgan fingerprint density at radius 2 is 2.08 bits per heavy atom. The lowest BCUT2D eigenvalue weighted by Gasteiger charge is -2.37. The third-order valence-electron chi connectivity index (χ3n) is 3.61. The highest BCUT2D eigenvalue weighted by atomic mass is 35.5. The predicted octanol–water partition coefficient (Wildman–Crippen LogP) is 2.91. The summed E-state index contributed by atoms with van der Waals surface area (Å²) in [6.45, 7) is 9.21. The molecule has 2 atom stereocenters. The molecule has 7 nitrogen and oxygen atoms in total. The number of ether oxygens (including phenoxy) is 1. The number of nitrogens with one attached hydrogen (secondary N) is 2. The van der Waals surface area contributed by atoms with Crippen LogP contribution in [0.15, 0.2) is 6.07 Å². The topological polar surface area (TPSA) is 79.4 Å². The number of carbonyl (C=O) groups is 1. The van der Waals surface area contributed by atoms with E-state index in [1.807, 2.05) is 20.8 Å². The third-order valence-corrected chi connectivity index (χ3v) is 3.80. The minimum atomic E-state index is -0.508. The summed E-state index contributed by atoms with van der Waals surface area (Å²) in [6.07, 6.45) is 0.506. The molecule has 2 heterocycles. The molecule has 1 aromatic rings. The van der Waals surface area contributed by atoms with Crippen molar-refractivity contribution in [2.24, 2.45) is 5.92 Å². The van der Waals surface area contributed by atoms with Gasteiger partial charge >= 0.3 is 6.09 Å². The second-order valence-corrected chi connectivity index (χ2v) is 7.60. The summed E-state index contributed by atoms with van der Waals surface area (Å²) in [5.41, 5.74) is -0.508. The number of halogens is 1. The molecule has 0 saturated carbocycles. The van der Waals surface area contributed by atoms with Gasteiger partial charge in [-0.3, -0.25) is 0 Å². The van der Waals surface area contributed by atoms with E-state index in [0.717, 1.165) is 18.8 Å². The normalized spacial score (nSPS) is 21.3. The van der Waals surface area contributed by atoms with Crippen LogP contribution in [0.4, 0.5) is 16.6 Å². The zero-order valence-electron chi connectivity index (χ0n) is 14.9. The van der Waals surface area contributed by atoms with E-state index < -0.39 is 11.7 Å². The van der Waals surface area contributed by atoms with Crippen molar-refractivity contribution in [3.05, 3.63) is 11.2 Å². The van der Waals surface area contributed by atoms with Crippen LogP contribution in [0.3, 0.4) is 0 Å². The molecule has 1 saturated heterocycles. The lowest BCUT2D eigenvalue weighted by molar-refractivity contribution is 0.0495. The van der Waals surface area contributed by atoms with Crippen molar-refractivity contribution in [1.82, 2.24) is 15.3 Å². The average molecular weight is 356 g/mol. The summed E-state index contributed by atoms with van der Waals surface area (Å²) in [7, 11) is 1.75. The summed E-state index contributed by atoms with van der Waals surface area (Å²) >= 11 is 6.07. The summed E-state index contributed by atoms with van der Waals surface area (Å²) in [5, 5.41) is 6.25. The Morgan fingerprint density at radius 1 is 1.38 bits per heavy atom. The van der Waals surface area contributed by atoms with Crippen molar-refractivity contribution in [2.75, 3.05) is 30.4 Å². The number of anilines is 2. The van der Waals surface area contributed by atoms with Gasteiger partial charge in [0, 0.05) is 26.2 Å². The Hall–Kier alpha value is -1.76. The van der Waals surface area contributed by atoms with Crippen molar-refractivity contribution in [3.63, 3.8) is 0 Å². The molecular formula is C16H26ClN5O2. The second kappa shape index (κ2) is 7.42. The first kappa shape index (κ1) is 18.6. The SMILES string of the molecule is CNc1nc(Cl)cc(N2C[C@H](C)C[C@@H](NC(=O)OC(C)(C)C)C2)n1. The van der Waals surface area contributed by atoms with Crippen molar-refractivity contribution < 1.29 is 9.53 Å². The molecule has 0 aliphatic carbocycles. The number of amides is 1. The number of hydrogen-bond donors (Lipinski definition) is 2. The van der Waals surface area contributed by atoms with Gasteiger partial charge in [-0.1, -0.05) is 18.5 Å². The molecule has 8 heteroatoms. The number of aromatic nitrogens is 2. The molecule has 24 heavy (non-hydrogen) atoms. The highest BCUT2D eigenvalue weighted by Gasteiger charge is 2.28. The molecule has 1 aliphatic heterocycles. The Kier molecular flexibility index (Phi) is 5.74. The molecule has 0 spiro atoms. The summed E-state index contributed by atoms with van der Waals surface area (Å²) < 4.78 is 5.35. The largest absolute Gasteiger partial charge is 0.444 e. The highest BCUT2D eigenvalue weighted by molar-refractivity contribution is 6.29. The van der Waals surface area contributed by atoms with Gasteiger partial charge in [-0.15, -0.1) is 0 Å². The van der Waals surface area contributed by atoms with Crippen molar-refractivity contribution >= 4 is 29.5 Å². The fourth-order valence-electron chi connectivity index (χ4n) is 2.80. The zero-order chi connectivity index (χ0) is 17.9. The molecule has 0 unspecified atom stereocenters. The van der Waals surface area contributed by atoms with Crippen LogP contribution in [-0.4, -0.2) is 47.8 Å².